The first kappa shape index (κ1) is 18.7. The van der Waals surface area contributed by atoms with Gasteiger partial charge in [-0.3, -0.25) is 10.1 Å². The topological polar surface area (TPSA) is 59.6 Å². The minimum atomic E-state index is -0.315. The van der Waals surface area contributed by atoms with Crippen molar-refractivity contribution in [2.45, 2.75) is 20.3 Å². The van der Waals surface area contributed by atoms with E-state index in [-0.39, 0.29) is 11.0 Å². The molecule has 5 nitrogen and oxygen atoms in total. The van der Waals surface area contributed by atoms with E-state index in [4.69, 9.17) is 21.7 Å². The molecule has 1 amide bonds. The number of carbonyl (C=O) groups excluding carboxylic acids is 1. The van der Waals surface area contributed by atoms with Gasteiger partial charge in [-0.15, -0.1) is 0 Å². The van der Waals surface area contributed by atoms with Gasteiger partial charge in [0, 0.05) is 5.69 Å². The van der Waals surface area contributed by atoms with Crippen molar-refractivity contribution in [2.24, 2.45) is 0 Å². The Kier molecular flexibility index (Phi) is 7.22. The van der Waals surface area contributed by atoms with Gasteiger partial charge < -0.3 is 14.8 Å². The lowest BCUT2D eigenvalue weighted by Crippen LogP contribution is -2.34. The molecule has 0 bridgehead atoms. The van der Waals surface area contributed by atoms with Crippen molar-refractivity contribution < 1.29 is 14.3 Å². The molecule has 0 aliphatic heterocycles. The van der Waals surface area contributed by atoms with Gasteiger partial charge in [-0.1, -0.05) is 19.1 Å². The number of thiocarbonyl (C=S) groups is 1. The first-order chi connectivity index (χ1) is 12.1. The Morgan fingerprint density at radius 2 is 1.76 bits per heavy atom. The Labute approximate surface area is 153 Å². The molecule has 0 unspecified atom stereocenters. The van der Waals surface area contributed by atoms with Crippen LogP contribution in [0.25, 0.3) is 0 Å². The highest BCUT2D eigenvalue weighted by Crippen LogP contribution is 2.18. The summed E-state index contributed by atoms with van der Waals surface area (Å²) < 4.78 is 11.0. The van der Waals surface area contributed by atoms with E-state index in [0.29, 0.717) is 24.5 Å². The van der Waals surface area contributed by atoms with Gasteiger partial charge in [-0.05, 0) is 62.0 Å². The Morgan fingerprint density at radius 1 is 1.04 bits per heavy atom. The number of benzene rings is 2. The first-order valence-corrected chi connectivity index (χ1v) is 8.62. The average molecular weight is 358 g/mol. The van der Waals surface area contributed by atoms with Crippen LogP contribution in [0.3, 0.4) is 0 Å². The summed E-state index contributed by atoms with van der Waals surface area (Å²) in [6.07, 6.45) is 0.958. The van der Waals surface area contributed by atoms with Crippen LogP contribution in [0, 0.1) is 0 Å². The van der Waals surface area contributed by atoms with Gasteiger partial charge in [0.1, 0.15) is 11.5 Å². The van der Waals surface area contributed by atoms with Crippen molar-refractivity contribution >= 4 is 28.9 Å². The fraction of sp³-hybridized carbons (Fsp3) is 0.263. The highest BCUT2D eigenvalue weighted by atomic mass is 32.1. The van der Waals surface area contributed by atoms with Crippen LogP contribution >= 0.6 is 12.2 Å². The van der Waals surface area contributed by atoms with Crippen LogP contribution < -0.4 is 20.1 Å². The molecular weight excluding hydrogens is 336 g/mol. The SMILES string of the molecule is CCCOc1ccc(NC(=S)NC(=O)c2ccccc2OCC)cc1. The summed E-state index contributed by atoms with van der Waals surface area (Å²) in [6, 6.07) is 14.4. The number of nitrogens with one attached hydrogen (secondary N) is 2. The third-order valence-corrected chi connectivity index (χ3v) is 3.45. The predicted octanol–water partition coefficient (Wildman–Crippen LogP) is 4.00. The molecule has 0 heterocycles. The Morgan fingerprint density at radius 3 is 2.44 bits per heavy atom. The fourth-order valence-corrected chi connectivity index (χ4v) is 2.33. The predicted molar refractivity (Wildman–Crippen MR) is 104 cm³/mol. The zero-order chi connectivity index (χ0) is 18.1. The maximum absolute atomic E-state index is 12.4. The van der Waals surface area contributed by atoms with E-state index >= 15 is 0 Å². The molecule has 25 heavy (non-hydrogen) atoms. The van der Waals surface area contributed by atoms with Crippen LogP contribution in [-0.2, 0) is 0 Å². The van der Waals surface area contributed by atoms with Crippen LogP contribution in [0.1, 0.15) is 30.6 Å². The molecule has 2 aromatic rings. The van der Waals surface area contributed by atoms with Crippen molar-refractivity contribution in [2.75, 3.05) is 18.5 Å². The second-order valence-corrected chi connectivity index (χ2v) is 5.62. The maximum Gasteiger partial charge on any atom is 0.261 e. The Hall–Kier alpha value is -2.60. The van der Waals surface area contributed by atoms with Gasteiger partial charge in [0.25, 0.3) is 5.91 Å². The molecule has 0 atom stereocenters. The molecule has 0 aliphatic carbocycles. The molecular formula is C19H22N2O3S. The van der Waals surface area contributed by atoms with E-state index < -0.39 is 0 Å². The van der Waals surface area contributed by atoms with Gasteiger partial charge in [0.15, 0.2) is 5.11 Å². The van der Waals surface area contributed by atoms with E-state index in [1.54, 1.807) is 18.2 Å². The summed E-state index contributed by atoms with van der Waals surface area (Å²) in [5, 5.41) is 5.86. The zero-order valence-electron chi connectivity index (χ0n) is 14.4. The van der Waals surface area contributed by atoms with Crippen LogP contribution in [-0.4, -0.2) is 24.2 Å². The number of hydrogen-bond acceptors (Lipinski definition) is 4. The highest BCUT2D eigenvalue weighted by molar-refractivity contribution is 7.80. The lowest BCUT2D eigenvalue weighted by atomic mass is 10.2. The van der Waals surface area contributed by atoms with Gasteiger partial charge in [-0.25, -0.2) is 0 Å². The Bertz CT molecular complexity index is 717. The van der Waals surface area contributed by atoms with E-state index in [2.05, 4.69) is 17.6 Å². The molecule has 0 saturated carbocycles. The molecule has 0 aliphatic rings. The number of amides is 1. The van der Waals surface area contributed by atoms with Crippen LogP contribution in [0.4, 0.5) is 5.69 Å². The largest absolute Gasteiger partial charge is 0.494 e. The van der Waals surface area contributed by atoms with Crippen LogP contribution in [0.5, 0.6) is 11.5 Å². The standard InChI is InChI=1S/C19H22N2O3S/c1-3-13-24-15-11-9-14(10-12-15)20-19(25)21-18(22)16-7-5-6-8-17(16)23-4-2/h5-12H,3-4,13H2,1-2H3,(H2,20,21,22,25). The molecule has 2 rings (SSSR count). The summed E-state index contributed by atoms with van der Waals surface area (Å²) in [5.41, 5.74) is 1.21. The summed E-state index contributed by atoms with van der Waals surface area (Å²) >= 11 is 5.21. The van der Waals surface area contributed by atoms with E-state index in [1.165, 1.54) is 0 Å². The molecule has 0 fully saturated rings. The monoisotopic (exact) mass is 358 g/mol. The minimum absolute atomic E-state index is 0.221. The van der Waals surface area contributed by atoms with Crippen molar-refractivity contribution in [3.8, 4) is 11.5 Å². The third kappa shape index (κ3) is 5.76. The second-order valence-electron chi connectivity index (χ2n) is 5.21. The first-order valence-electron chi connectivity index (χ1n) is 8.21. The number of para-hydroxylation sites is 1. The van der Waals surface area contributed by atoms with Gasteiger partial charge >= 0.3 is 0 Å². The van der Waals surface area contributed by atoms with Crippen molar-refractivity contribution in [1.82, 2.24) is 5.32 Å². The third-order valence-electron chi connectivity index (χ3n) is 3.24. The molecule has 0 aromatic heterocycles. The molecule has 132 valence electrons. The normalized spacial score (nSPS) is 10.0. The summed E-state index contributed by atoms with van der Waals surface area (Å²) in [6.45, 7) is 5.09. The molecule has 2 aromatic carbocycles. The quantitative estimate of drug-likeness (QED) is 0.733. The number of hydrogen-bond donors (Lipinski definition) is 2. The second kappa shape index (κ2) is 9.64. The van der Waals surface area contributed by atoms with Crippen LogP contribution in [0.2, 0.25) is 0 Å². The van der Waals surface area contributed by atoms with E-state index in [0.717, 1.165) is 17.9 Å². The number of rotatable bonds is 7. The minimum Gasteiger partial charge on any atom is -0.494 e. The number of anilines is 1. The lowest BCUT2D eigenvalue weighted by Gasteiger charge is -2.12. The molecule has 2 N–H and O–H groups in total. The van der Waals surface area contributed by atoms with E-state index in [9.17, 15) is 4.79 Å². The van der Waals surface area contributed by atoms with Gasteiger partial charge in [0.2, 0.25) is 0 Å². The molecule has 0 radical (unpaired) electrons. The zero-order valence-corrected chi connectivity index (χ0v) is 15.2. The Balaban J connectivity index is 1.94. The van der Waals surface area contributed by atoms with Gasteiger partial charge in [0.05, 0.1) is 18.8 Å². The number of carbonyl (C=O) groups is 1. The van der Waals surface area contributed by atoms with Gasteiger partial charge in [-0.2, -0.15) is 0 Å². The lowest BCUT2D eigenvalue weighted by molar-refractivity contribution is 0.0974. The molecule has 0 spiro atoms. The summed E-state index contributed by atoms with van der Waals surface area (Å²) in [5.74, 6) is 1.01. The highest BCUT2D eigenvalue weighted by Gasteiger charge is 2.13. The van der Waals surface area contributed by atoms with Crippen molar-refractivity contribution in [1.29, 1.82) is 0 Å². The molecule has 0 saturated heterocycles. The number of ether oxygens (including phenoxy) is 2. The van der Waals surface area contributed by atoms with E-state index in [1.807, 2.05) is 37.3 Å². The maximum atomic E-state index is 12.4. The smallest absolute Gasteiger partial charge is 0.261 e. The summed E-state index contributed by atoms with van der Waals surface area (Å²) in [4.78, 5) is 12.4. The molecule has 6 heteroatoms. The van der Waals surface area contributed by atoms with Crippen molar-refractivity contribution in [3.63, 3.8) is 0 Å². The average Bonchev–Trinajstić information content (AvgIpc) is 2.61. The summed E-state index contributed by atoms with van der Waals surface area (Å²) in [7, 11) is 0. The fourth-order valence-electron chi connectivity index (χ4n) is 2.12. The van der Waals surface area contributed by atoms with Crippen LogP contribution in [0.15, 0.2) is 48.5 Å². The van der Waals surface area contributed by atoms with Crippen molar-refractivity contribution in [3.05, 3.63) is 54.1 Å².